The first kappa shape index (κ1) is 15.1. The van der Waals surface area contributed by atoms with Gasteiger partial charge in [-0.2, -0.15) is 15.4 Å². The van der Waals surface area contributed by atoms with Crippen molar-refractivity contribution in [2.75, 3.05) is 10.6 Å². The van der Waals surface area contributed by atoms with E-state index in [0.717, 1.165) is 12.8 Å². The van der Waals surface area contributed by atoms with Crippen LogP contribution in [-0.4, -0.2) is 33.4 Å². The summed E-state index contributed by atoms with van der Waals surface area (Å²) in [4.78, 5) is 24.0. The summed E-state index contributed by atoms with van der Waals surface area (Å²) in [5, 5.41) is 18.9. The molecule has 1 heterocycles. The van der Waals surface area contributed by atoms with Crippen LogP contribution in [0.4, 0.5) is 16.2 Å². The maximum absolute atomic E-state index is 12.3. The zero-order valence-corrected chi connectivity index (χ0v) is 13.2. The molecule has 4 rings (SSSR count). The topological polar surface area (TPSA) is 112 Å². The lowest BCUT2D eigenvalue weighted by molar-refractivity contribution is 0.102. The quantitative estimate of drug-likeness (QED) is 0.586. The Balaban J connectivity index is 1.39. The van der Waals surface area contributed by atoms with Gasteiger partial charge in [-0.15, -0.1) is 0 Å². The number of rotatable bonds is 4. The number of anilines is 2. The van der Waals surface area contributed by atoms with Gasteiger partial charge >= 0.3 is 6.03 Å². The summed E-state index contributed by atoms with van der Waals surface area (Å²) in [5.74, 6) is -0.239. The van der Waals surface area contributed by atoms with Gasteiger partial charge in [0.25, 0.3) is 5.91 Å². The number of carbonyl (C=O) groups is 2. The lowest BCUT2D eigenvalue weighted by Crippen LogP contribution is -2.30. The molecule has 0 aliphatic heterocycles. The minimum absolute atomic E-state index is 0.208. The van der Waals surface area contributed by atoms with Gasteiger partial charge in [-0.1, -0.05) is 0 Å². The lowest BCUT2D eigenvalue weighted by atomic mass is 10.2. The zero-order chi connectivity index (χ0) is 17.2. The summed E-state index contributed by atoms with van der Waals surface area (Å²) in [6, 6.07) is 12.1. The van der Waals surface area contributed by atoms with Crippen LogP contribution in [0.25, 0.3) is 11.0 Å². The van der Waals surface area contributed by atoms with E-state index < -0.39 is 0 Å². The number of aromatic nitrogens is 3. The predicted molar refractivity (Wildman–Crippen MR) is 93.5 cm³/mol. The molecule has 1 aliphatic rings. The summed E-state index contributed by atoms with van der Waals surface area (Å²) in [7, 11) is 0. The molecule has 1 aliphatic carbocycles. The molecule has 8 heteroatoms. The summed E-state index contributed by atoms with van der Waals surface area (Å²) >= 11 is 0. The van der Waals surface area contributed by atoms with Gasteiger partial charge in [0.2, 0.25) is 0 Å². The van der Waals surface area contributed by atoms with Crippen molar-refractivity contribution in [2.24, 2.45) is 0 Å². The van der Waals surface area contributed by atoms with E-state index in [4.69, 9.17) is 0 Å². The van der Waals surface area contributed by atoms with Crippen molar-refractivity contribution in [2.45, 2.75) is 18.9 Å². The SMILES string of the molecule is O=C(Nc1ccc(NC(=O)c2ccc3n[nH]nc3c2)cc1)NC1CC1. The van der Waals surface area contributed by atoms with E-state index >= 15 is 0 Å². The number of nitrogens with zero attached hydrogens (tertiary/aromatic N) is 2. The molecule has 8 nitrogen and oxygen atoms in total. The van der Waals surface area contributed by atoms with Crippen LogP contribution in [0.3, 0.4) is 0 Å². The number of urea groups is 1. The summed E-state index contributed by atoms with van der Waals surface area (Å²) in [5.41, 5.74) is 3.14. The minimum atomic E-state index is -0.239. The van der Waals surface area contributed by atoms with Crippen LogP contribution >= 0.6 is 0 Å². The summed E-state index contributed by atoms with van der Waals surface area (Å²) in [6.45, 7) is 0. The number of benzene rings is 2. The van der Waals surface area contributed by atoms with Crippen molar-refractivity contribution in [3.63, 3.8) is 0 Å². The smallest absolute Gasteiger partial charge is 0.319 e. The Labute approximate surface area is 143 Å². The maximum atomic E-state index is 12.3. The lowest BCUT2D eigenvalue weighted by Gasteiger charge is -2.08. The summed E-state index contributed by atoms with van der Waals surface area (Å²) < 4.78 is 0. The number of nitrogens with one attached hydrogen (secondary N) is 4. The highest BCUT2D eigenvalue weighted by atomic mass is 16.2. The Kier molecular flexibility index (Phi) is 3.77. The van der Waals surface area contributed by atoms with Crippen LogP contribution in [0.1, 0.15) is 23.2 Å². The van der Waals surface area contributed by atoms with Gasteiger partial charge in [0.05, 0.1) is 0 Å². The Morgan fingerprint density at radius 1 is 0.920 bits per heavy atom. The van der Waals surface area contributed by atoms with Crippen molar-refractivity contribution < 1.29 is 9.59 Å². The second kappa shape index (κ2) is 6.23. The number of amides is 3. The molecule has 0 radical (unpaired) electrons. The number of aromatic amines is 1. The Bertz CT molecular complexity index is 930. The molecule has 0 saturated heterocycles. The number of fused-ring (bicyclic) bond motifs is 1. The van der Waals surface area contributed by atoms with Gasteiger partial charge < -0.3 is 16.0 Å². The third-order valence-corrected chi connectivity index (χ3v) is 3.89. The fourth-order valence-corrected chi connectivity index (χ4v) is 2.40. The molecule has 1 aromatic heterocycles. The highest BCUT2D eigenvalue weighted by molar-refractivity contribution is 6.06. The van der Waals surface area contributed by atoms with Gasteiger partial charge in [-0.3, -0.25) is 4.79 Å². The van der Waals surface area contributed by atoms with Crippen molar-refractivity contribution in [1.29, 1.82) is 0 Å². The molecule has 3 aromatic rings. The number of hydrogen-bond donors (Lipinski definition) is 4. The van der Waals surface area contributed by atoms with Gasteiger partial charge in [0.1, 0.15) is 11.0 Å². The first-order valence-electron chi connectivity index (χ1n) is 7.97. The van der Waals surface area contributed by atoms with E-state index in [1.54, 1.807) is 42.5 Å². The monoisotopic (exact) mass is 336 g/mol. The molecule has 25 heavy (non-hydrogen) atoms. The van der Waals surface area contributed by atoms with E-state index in [0.29, 0.717) is 34.0 Å². The second-order valence-electron chi connectivity index (χ2n) is 5.93. The van der Waals surface area contributed by atoms with Crippen LogP contribution in [0.15, 0.2) is 42.5 Å². The summed E-state index contributed by atoms with van der Waals surface area (Å²) in [6.07, 6.45) is 2.08. The largest absolute Gasteiger partial charge is 0.335 e. The molecule has 2 aromatic carbocycles. The average molecular weight is 336 g/mol. The highest BCUT2D eigenvalue weighted by Gasteiger charge is 2.23. The van der Waals surface area contributed by atoms with Gasteiger partial charge in [-0.05, 0) is 55.3 Å². The molecule has 1 fully saturated rings. The molecule has 3 amide bonds. The molecule has 1 saturated carbocycles. The second-order valence-corrected chi connectivity index (χ2v) is 5.93. The van der Waals surface area contributed by atoms with Gasteiger partial charge in [-0.25, -0.2) is 4.79 Å². The fourth-order valence-electron chi connectivity index (χ4n) is 2.40. The number of hydrogen-bond acceptors (Lipinski definition) is 4. The van der Waals surface area contributed by atoms with Crippen molar-refractivity contribution >= 4 is 34.3 Å². The molecule has 0 unspecified atom stereocenters. The average Bonchev–Trinajstić information content (AvgIpc) is 3.29. The van der Waals surface area contributed by atoms with Crippen LogP contribution in [0.5, 0.6) is 0 Å². The fraction of sp³-hybridized carbons (Fsp3) is 0.176. The van der Waals surface area contributed by atoms with Crippen LogP contribution in [-0.2, 0) is 0 Å². The van der Waals surface area contributed by atoms with Gasteiger partial charge in [0, 0.05) is 23.0 Å². The van der Waals surface area contributed by atoms with E-state index in [9.17, 15) is 9.59 Å². The molecule has 0 spiro atoms. The first-order valence-corrected chi connectivity index (χ1v) is 7.97. The molecule has 4 N–H and O–H groups in total. The van der Waals surface area contributed by atoms with Crippen molar-refractivity contribution in [1.82, 2.24) is 20.7 Å². The van der Waals surface area contributed by atoms with E-state index in [2.05, 4.69) is 31.4 Å². The standard InChI is InChI=1S/C17H16N6O2/c24-16(10-1-8-14-15(9-10)22-23-21-14)18-11-2-4-12(5-3-11)19-17(25)20-13-6-7-13/h1-5,8-9,13H,6-7H2,(H,18,24)(H2,19,20,25)(H,21,22,23). The number of H-pyrrole nitrogens is 1. The predicted octanol–water partition coefficient (Wildman–Crippen LogP) is 2.49. The molecule has 0 bridgehead atoms. The van der Waals surface area contributed by atoms with Gasteiger partial charge in [0.15, 0.2) is 0 Å². The van der Waals surface area contributed by atoms with E-state index in [-0.39, 0.29) is 11.9 Å². The highest BCUT2D eigenvalue weighted by Crippen LogP contribution is 2.19. The van der Waals surface area contributed by atoms with Crippen molar-refractivity contribution in [3.05, 3.63) is 48.0 Å². The minimum Gasteiger partial charge on any atom is -0.335 e. The maximum Gasteiger partial charge on any atom is 0.319 e. The third-order valence-electron chi connectivity index (χ3n) is 3.89. The Morgan fingerprint density at radius 2 is 1.60 bits per heavy atom. The molecular weight excluding hydrogens is 320 g/mol. The van der Waals surface area contributed by atoms with Crippen LogP contribution < -0.4 is 16.0 Å². The normalized spacial score (nSPS) is 13.4. The van der Waals surface area contributed by atoms with Crippen LogP contribution in [0.2, 0.25) is 0 Å². The molecule has 126 valence electrons. The number of carbonyl (C=O) groups excluding carboxylic acids is 2. The Hall–Kier alpha value is -3.42. The Morgan fingerprint density at radius 3 is 2.32 bits per heavy atom. The van der Waals surface area contributed by atoms with Crippen LogP contribution in [0, 0.1) is 0 Å². The zero-order valence-electron chi connectivity index (χ0n) is 13.2. The van der Waals surface area contributed by atoms with E-state index in [1.807, 2.05) is 0 Å². The first-order chi connectivity index (χ1) is 12.2. The third kappa shape index (κ3) is 3.57. The van der Waals surface area contributed by atoms with Crippen molar-refractivity contribution in [3.8, 4) is 0 Å². The molecular formula is C17H16N6O2. The van der Waals surface area contributed by atoms with E-state index in [1.165, 1.54) is 0 Å². The molecule has 0 atom stereocenters.